The Kier molecular flexibility index (Phi) is 5.81. The molecular formula is C20H20F3N3O. The SMILES string of the molecule is O=C(CCNCCc1c[nH]c2ccccc12)Nc1ccc(C(F)(F)F)cc1. The smallest absolute Gasteiger partial charge is 0.361 e. The van der Waals surface area contributed by atoms with E-state index in [0.29, 0.717) is 12.2 Å². The third-order valence-electron chi connectivity index (χ3n) is 4.27. The van der Waals surface area contributed by atoms with Gasteiger partial charge in [0.15, 0.2) is 0 Å². The number of rotatable bonds is 7. The molecule has 3 aromatic rings. The summed E-state index contributed by atoms with van der Waals surface area (Å²) in [4.78, 5) is 15.1. The highest BCUT2D eigenvalue weighted by atomic mass is 19.4. The fourth-order valence-corrected chi connectivity index (χ4v) is 2.85. The molecule has 0 aliphatic rings. The van der Waals surface area contributed by atoms with Gasteiger partial charge in [-0.15, -0.1) is 0 Å². The summed E-state index contributed by atoms with van der Waals surface area (Å²) in [5.41, 5.74) is 1.93. The Morgan fingerprint density at radius 2 is 1.74 bits per heavy atom. The molecule has 0 atom stereocenters. The highest BCUT2D eigenvalue weighted by Gasteiger charge is 2.29. The molecule has 142 valence electrons. The second-order valence-electron chi connectivity index (χ2n) is 6.23. The number of anilines is 1. The number of carbonyl (C=O) groups is 1. The molecule has 0 unspecified atom stereocenters. The van der Waals surface area contributed by atoms with Crippen molar-refractivity contribution >= 4 is 22.5 Å². The fourth-order valence-electron chi connectivity index (χ4n) is 2.85. The topological polar surface area (TPSA) is 56.9 Å². The van der Waals surface area contributed by atoms with Crippen LogP contribution in [-0.2, 0) is 17.4 Å². The summed E-state index contributed by atoms with van der Waals surface area (Å²) in [6.45, 7) is 1.23. The Hall–Kier alpha value is -2.80. The van der Waals surface area contributed by atoms with Crippen LogP contribution in [0.2, 0.25) is 0 Å². The van der Waals surface area contributed by atoms with Crippen molar-refractivity contribution < 1.29 is 18.0 Å². The van der Waals surface area contributed by atoms with Crippen LogP contribution in [0.25, 0.3) is 10.9 Å². The van der Waals surface area contributed by atoms with E-state index in [0.717, 1.165) is 30.6 Å². The quantitative estimate of drug-likeness (QED) is 0.538. The van der Waals surface area contributed by atoms with Crippen molar-refractivity contribution in [2.75, 3.05) is 18.4 Å². The lowest BCUT2D eigenvalue weighted by Crippen LogP contribution is -2.23. The highest BCUT2D eigenvalue weighted by Crippen LogP contribution is 2.29. The van der Waals surface area contributed by atoms with Gasteiger partial charge < -0.3 is 15.6 Å². The van der Waals surface area contributed by atoms with E-state index in [4.69, 9.17) is 0 Å². The van der Waals surface area contributed by atoms with Gasteiger partial charge in [0.2, 0.25) is 5.91 Å². The summed E-state index contributed by atoms with van der Waals surface area (Å²) in [5.74, 6) is -0.241. The highest BCUT2D eigenvalue weighted by molar-refractivity contribution is 5.90. The number of fused-ring (bicyclic) bond motifs is 1. The molecular weight excluding hydrogens is 355 g/mol. The summed E-state index contributed by atoms with van der Waals surface area (Å²) < 4.78 is 37.5. The van der Waals surface area contributed by atoms with Gasteiger partial charge in [-0.2, -0.15) is 13.2 Å². The molecule has 0 saturated carbocycles. The second kappa shape index (κ2) is 8.26. The number of hydrogen-bond acceptors (Lipinski definition) is 2. The molecule has 1 amide bonds. The van der Waals surface area contributed by atoms with Crippen LogP contribution >= 0.6 is 0 Å². The minimum Gasteiger partial charge on any atom is -0.361 e. The van der Waals surface area contributed by atoms with Crippen LogP contribution in [0, 0.1) is 0 Å². The van der Waals surface area contributed by atoms with Crippen molar-refractivity contribution in [1.29, 1.82) is 0 Å². The number of halogens is 3. The number of benzene rings is 2. The number of aromatic amines is 1. The number of amides is 1. The maximum atomic E-state index is 12.5. The number of H-pyrrole nitrogens is 1. The minimum absolute atomic E-state index is 0.241. The predicted molar refractivity (Wildman–Crippen MR) is 99.6 cm³/mol. The van der Waals surface area contributed by atoms with E-state index in [9.17, 15) is 18.0 Å². The molecule has 4 nitrogen and oxygen atoms in total. The first-order valence-corrected chi connectivity index (χ1v) is 8.66. The van der Waals surface area contributed by atoms with E-state index < -0.39 is 11.7 Å². The standard InChI is InChI=1S/C20H20F3N3O/c21-20(22,23)15-5-7-16(8-6-15)26-19(27)10-12-24-11-9-14-13-25-18-4-2-1-3-17(14)18/h1-8,13,24-25H,9-12H2,(H,26,27). The van der Waals surface area contributed by atoms with Crippen LogP contribution in [0.5, 0.6) is 0 Å². The van der Waals surface area contributed by atoms with Crippen LogP contribution in [0.15, 0.2) is 54.7 Å². The van der Waals surface area contributed by atoms with E-state index in [-0.39, 0.29) is 12.3 Å². The zero-order chi connectivity index (χ0) is 19.3. The molecule has 0 bridgehead atoms. The van der Waals surface area contributed by atoms with Gasteiger partial charge in [-0.1, -0.05) is 18.2 Å². The Balaban J connectivity index is 1.38. The van der Waals surface area contributed by atoms with Crippen LogP contribution in [-0.4, -0.2) is 24.0 Å². The monoisotopic (exact) mass is 375 g/mol. The molecule has 1 aromatic heterocycles. The molecule has 7 heteroatoms. The van der Waals surface area contributed by atoms with Gasteiger partial charge >= 0.3 is 6.18 Å². The molecule has 0 aliphatic carbocycles. The molecule has 27 heavy (non-hydrogen) atoms. The molecule has 0 spiro atoms. The van der Waals surface area contributed by atoms with E-state index in [1.807, 2.05) is 24.4 Å². The van der Waals surface area contributed by atoms with Gasteiger partial charge in [0, 0.05) is 35.8 Å². The first kappa shape index (κ1) is 19.0. The van der Waals surface area contributed by atoms with Crippen LogP contribution in [0.1, 0.15) is 17.5 Å². The van der Waals surface area contributed by atoms with Gasteiger partial charge in [0.1, 0.15) is 0 Å². The Bertz CT molecular complexity index is 901. The number of para-hydroxylation sites is 1. The normalized spacial score (nSPS) is 11.7. The average molecular weight is 375 g/mol. The predicted octanol–water partition coefficient (Wildman–Crippen LogP) is 4.35. The van der Waals surface area contributed by atoms with Gasteiger partial charge in [0.05, 0.1) is 5.56 Å². The number of nitrogens with one attached hydrogen (secondary N) is 3. The Morgan fingerprint density at radius 3 is 2.48 bits per heavy atom. The summed E-state index contributed by atoms with van der Waals surface area (Å²) in [7, 11) is 0. The molecule has 3 rings (SSSR count). The van der Waals surface area contributed by atoms with E-state index in [1.54, 1.807) is 0 Å². The van der Waals surface area contributed by atoms with Crippen molar-refractivity contribution in [3.05, 3.63) is 65.9 Å². The van der Waals surface area contributed by atoms with Gasteiger partial charge in [-0.3, -0.25) is 4.79 Å². The number of alkyl halides is 3. The fraction of sp³-hybridized carbons (Fsp3) is 0.250. The number of carbonyl (C=O) groups excluding carboxylic acids is 1. The Morgan fingerprint density at radius 1 is 1.00 bits per heavy atom. The summed E-state index contributed by atoms with van der Waals surface area (Å²) in [6.07, 6.45) is -1.31. The van der Waals surface area contributed by atoms with Crippen molar-refractivity contribution in [2.45, 2.75) is 19.0 Å². The first-order chi connectivity index (χ1) is 12.9. The zero-order valence-corrected chi connectivity index (χ0v) is 14.6. The molecule has 0 radical (unpaired) electrons. The summed E-state index contributed by atoms with van der Waals surface area (Å²) >= 11 is 0. The lowest BCUT2D eigenvalue weighted by Gasteiger charge is -2.09. The molecule has 1 heterocycles. The van der Waals surface area contributed by atoms with Crippen molar-refractivity contribution in [3.8, 4) is 0 Å². The molecule has 0 saturated heterocycles. The molecule has 0 fully saturated rings. The minimum atomic E-state index is -4.38. The molecule has 3 N–H and O–H groups in total. The number of hydrogen-bond donors (Lipinski definition) is 3. The van der Waals surface area contributed by atoms with Gasteiger partial charge in [-0.05, 0) is 48.9 Å². The lowest BCUT2D eigenvalue weighted by atomic mass is 10.1. The van der Waals surface area contributed by atoms with E-state index in [2.05, 4.69) is 21.7 Å². The lowest BCUT2D eigenvalue weighted by molar-refractivity contribution is -0.137. The maximum absolute atomic E-state index is 12.5. The average Bonchev–Trinajstić information content (AvgIpc) is 3.04. The van der Waals surface area contributed by atoms with Crippen molar-refractivity contribution in [3.63, 3.8) is 0 Å². The van der Waals surface area contributed by atoms with E-state index in [1.165, 1.54) is 23.1 Å². The summed E-state index contributed by atoms with van der Waals surface area (Å²) in [6, 6.07) is 12.5. The van der Waals surface area contributed by atoms with Gasteiger partial charge in [0.25, 0.3) is 0 Å². The van der Waals surface area contributed by atoms with Crippen molar-refractivity contribution in [1.82, 2.24) is 10.3 Å². The van der Waals surface area contributed by atoms with Crippen LogP contribution in [0.3, 0.4) is 0 Å². The molecule has 2 aromatic carbocycles. The third-order valence-corrected chi connectivity index (χ3v) is 4.27. The number of aromatic nitrogens is 1. The van der Waals surface area contributed by atoms with E-state index >= 15 is 0 Å². The summed E-state index contributed by atoms with van der Waals surface area (Å²) in [5, 5.41) is 7.00. The van der Waals surface area contributed by atoms with Crippen LogP contribution in [0.4, 0.5) is 18.9 Å². The largest absolute Gasteiger partial charge is 0.416 e. The first-order valence-electron chi connectivity index (χ1n) is 8.66. The van der Waals surface area contributed by atoms with Gasteiger partial charge in [-0.25, -0.2) is 0 Å². The van der Waals surface area contributed by atoms with Crippen LogP contribution < -0.4 is 10.6 Å². The molecule has 0 aliphatic heterocycles. The Labute approximate surface area is 154 Å². The zero-order valence-electron chi connectivity index (χ0n) is 14.6. The third kappa shape index (κ3) is 5.10. The maximum Gasteiger partial charge on any atom is 0.416 e. The second-order valence-corrected chi connectivity index (χ2v) is 6.23. The van der Waals surface area contributed by atoms with Crippen molar-refractivity contribution in [2.24, 2.45) is 0 Å².